The van der Waals surface area contributed by atoms with Crippen molar-refractivity contribution in [2.75, 3.05) is 0 Å². The summed E-state index contributed by atoms with van der Waals surface area (Å²) in [6, 6.07) is 1.60. The van der Waals surface area contributed by atoms with Gasteiger partial charge in [-0.2, -0.15) is 5.26 Å². The van der Waals surface area contributed by atoms with E-state index in [-0.39, 0.29) is 5.78 Å². The van der Waals surface area contributed by atoms with E-state index in [1.807, 2.05) is 0 Å². The van der Waals surface area contributed by atoms with Crippen molar-refractivity contribution < 1.29 is 36.3 Å². The van der Waals surface area contributed by atoms with E-state index in [0.29, 0.717) is 0 Å². The zero-order valence-electron chi connectivity index (χ0n) is 12.2. The minimum Gasteiger partial charge on any atom is -0.460 e. The van der Waals surface area contributed by atoms with Crippen LogP contribution in [0.15, 0.2) is 24.3 Å². The molecule has 1 unspecified atom stereocenters. The number of ketones is 1. The van der Waals surface area contributed by atoms with Gasteiger partial charge in [-0.3, -0.25) is 9.59 Å². The number of nitrogens with zero attached hydrogens (tertiary/aromatic N) is 1. The fraction of sp³-hybridized carbons (Fsp3) is 0.188. The Bertz CT molecular complexity index is 796. The minimum absolute atomic E-state index is 0.359. The van der Waals surface area contributed by atoms with Crippen LogP contribution in [0.25, 0.3) is 0 Å². The second-order valence-corrected chi connectivity index (χ2v) is 4.96. The summed E-state index contributed by atoms with van der Waals surface area (Å²) in [6.45, 7) is -1.25. The number of carbonyl (C=O) groups is 2. The minimum atomic E-state index is -2.33. The summed E-state index contributed by atoms with van der Waals surface area (Å²) in [5, 5.41) is 9.02. The van der Waals surface area contributed by atoms with E-state index >= 15 is 0 Å². The monoisotopic (exact) mass is 357 g/mol. The lowest BCUT2D eigenvalue weighted by molar-refractivity contribution is -0.148. The van der Waals surface area contributed by atoms with E-state index < -0.39 is 59.1 Å². The highest BCUT2D eigenvalue weighted by Crippen LogP contribution is 2.25. The Balaban J connectivity index is 2.17. The Morgan fingerprint density at radius 1 is 1.04 bits per heavy atom. The molecule has 9 heteroatoms. The van der Waals surface area contributed by atoms with E-state index in [1.165, 1.54) is 12.2 Å². The standard InChI is InChI=1S/C16H8F5NO3/c17-11-10(12(18)14(20)15(21)13(11)19)6-25-16(24)9(5-22)7-1-3-8(23)4-2-7/h1-4,7,9H,6H2. The summed E-state index contributed by atoms with van der Waals surface area (Å²) < 4.78 is 70.6. The van der Waals surface area contributed by atoms with Crippen molar-refractivity contribution in [3.05, 3.63) is 59.0 Å². The molecule has 4 nitrogen and oxygen atoms in total. The normalized spacial score (nSPS) is 15.1. The Hall–Kier alpha value is -3.02. The molecule has 0 aliphatic heterocycles. The van der Waals surface area contributed by atoms with Crippen molar-refractivity contribution in [1.29, 1.82) is 5.26 Å². The number of halogens is 5. The van der Waals surface area contributed by atoms with Gasteiger partial charge in [0, 0.05) is 5.92 Å². The first kappa shape index (κ1) is 18.3. The summed E-state index contributed by atoms with van der Waals surface area (Å²) in [4.78, 5) is 22.9. The second kappa shape index (κ2) is 7.25. The van der Waals surface area contributed by atoms with Crippen LogP contribution in [0.1, 0.15) is 5.56 Å². The second-order valence-electron chi connectivity index (χ2n) is 4.96. The van der Waals surface area contributed by atoms with Crippen molar-refractivity contribution in [3.63, 3.8) is 0 Å². The predicted molar refractivity (Wildman–Crippen MR) is 71.9 cm³/mol. The molecular weight excluding hydrogens is 349 g/mol. The van der Waals surface area contributed by atoms with Gasteiger partial charge >= 0.3 is 5.97 Å². The van der Waals surface area contributed by atoms with Gasteiger partial charge in [-0.1, -0.05) is 12.2 Å². The first-order chi connectivity index (χ1) is 11.8. The van der Waals surface area contributed by atoms with Gasteiger partial charge in [-0.25, -0.2) is 22.0 Å². The molecule has 0 heterocycles. The van der Waals surface area contributed by atoms with E-state index in [1.54, 1.807) is 6.07 Å². The fourth-order valence-corrected chi connectivity index (χ4v) is 2.06. The lowest BCUT2D eigenvalue weighted by atomic mass is 9.90. The third kappa shape index (κ3) is 3.57. The molecule has 0 aromatic heterocycles. The molecule has 0 spiro atoms. The van der Waals surface area contributed by atoms with Gasteiger partial charge in [-0.05, 0) is 12.2 Å². The number of nitriles is 1. The van der Waals surface area contributed by atoms with Crippen LogP contribution in [0.4, 0.5) is 22.0 Å². The first-order valence-electron chi connectivity index (χ1n) is 6.74. The maximum atomic E-state index is 13.5. The van der Waals surface area contributed by atoms with E-state index in [0.717, 1.165) is 12.2 Å². The highest BCUT2D eigenvalue weighted by Gasteiger charge is 2.30. The van der Waals surface area contributed by atoms with Crippen LogP contribution in [0.5, 0.6) is 0 Å². The van der Waals surface area contributed by atoms with E-state index in [2.05, 4.69) is 4.74 Å². The molecule has 0 saturated heterocycles. The summed E-state index contributed by atoms with van der Waals surface area (Å²) in [5.74, 6) is -14.8. The number of ether oxygens (including phenoxy) is 1. The summed E-state index contributed by atoms with van der Waals surface area (Å²) in [5.41, 5.74) is -1.33. The summed E-state index contributed by atoms with van der Waals surface area (Å²) in [7, 11) is 0. The first-order valence-corrected chi connectivity index (χ1v) is 6.74. The number of allylic oxidation sites excluding steroid dienone is 4. The number of hydrogen-bond acceptors (Lipinski definition) is 4. The summed E-state index contributed by atoms with van der Waals surface area (Å²) >= 11 is 0. The Labute approximate surface area is 137 Å². The van der Waals surface area contributed by atoms with Gasteiger partial charge in [0.2, 0.25) is 5.82 Å². The Morgan fingerprint density at radius 3 is 2.00 bits per heavy atom. The average molecular weight is 357 g/mol. The van der Waals surface area contributed by atoms with Crippen LogP contribution < -0.4 is 0 Å². The molecule has 0 amide bonds. The van der Waals surface area contributed by atoms with Gasteiger partial charge in [0.05, 0.1) is 11.6 Å². The molecule has 1 aromatic carbocycles. The topological polar surface area (TPSA) is 67.2 Å². The third-order valence-corrected chi connectivity index (χ3v) is 3.40. The van der Waals surface area contributed by atoms with Gasteiger partial charge in [0.25, 0.3) is 0 Å². The molecule has 1 atom stereocenters. The lowest BCUT2D eigenvalue weighted by Gasteiger charge is -2.16. The predicted octanol–water partition coefficient (Wildman–Crippen LogP) is 2.88. The third-order valence-electron chi connectivity index (χ3n) is 3.40. The van der Waals surface area contributed by atoms with Crippen LogP contribution >= 0.6 is 0 Å². The van der Waals surface area contributed by atoms with Crippen molar-refractivity contribution in [2.45, 2.75) is 6.61 Å². The summed E-state index contributed by atoms with van der Waals surface area (Å²) in [6.07, 6.45) is 4.75. The van der Waals surface area contributed by atoms with E-state index in [4.69, 9.17) is 5.26 Å². The molecule has 0 fully saturated rings. The van der Waals surface area contributed by atoms with Crippen LogP contribution in [0.2, 0.25) is 0 Å². The molecule has 0 radical (unpaired) electrons. The number of rotatable bonds is 4. The van der Waals surface area contributed by atoms with Crippen molar-refractivity contribution >= 4 is 11.8 Å². The number of benzene rings is 1. The maximum Gasteiger partial charge on any atom is 0.324 e. The largest absolute Gasteiger partial charge is 0.460 e. The van der Waals surface area contributed by atoms with Gasteiger partial charge < -0.3 is 4.74 Å². The number of carbonyl (C=O) groups excluding carboxylic acids is 2. The maximum absolute atomic E-state index is 13.5. The molecule has 2 rings (SSSR count). The van der Waals surface area contributed by atoms with Crippen LogP contribution in [-0.2, 0) is 20.9 Å². The Kier molecular flexibility index (Phi) is 5.32. The van der Waals surface area contributed by atoms with Crippen LogP contribution in [0.3, 0.4) is 0 Å². The van der Waals surface area contributed by atoms with Crippen molar-refractivity contribution in [1.82, 2.24) is 0 Å². The molecule has 1 aliphatic rings. The molecule has 25 heavy (non-hydrogen) atoms. The highest BCUT2D eigenvalue weighted by molar-refractivity contribution is 6.00. The Morgan fingerprint density at radius 2 is 1.52 bits per heavy atom. The molecule has 130 valence electrons. The molecule has 0 bridgehead atoms. The highest BCUT2D eigenvalue weighted by atomic mass is 19.2. The zero-order valence-corrected chi connectivity index (χ0v) is 12.2. The molecule has 0 N–H and O–H groups in total. The molecular formula is C16H8F5NO3. The number of esters is 1. The fourth-order valence-electron chi connectivity index (χ4n) is 2.06. The van der Waals surface area contributed by atoms with Gasteiger partial charge in [0.1, 0.15) is 6.61 Å². The molecule has 0 saturated carbocycles. The number of hydrogen-bond donors (Lipinski definition) is 0. The van der Waals surface area contributed by atoms with Crippen molar-refractivity contribution in [2.24, 2.45) is 11.8 Å². The lowest BCUT2D eigenvalue weighted by Crippen LogP contribution is -2.24. The SMILES string of the molecule is N#CC(C(=O)OCc1c(F)c(F)c(F)c(F)c1F)C1C=CC(=O)C=C1. The van der Waals surface area contributed by atoms with E-state index in [9.17, 15) is 31.5 Å². The smallest absolute Gasteiger partial charge is 0.324 e. The molecule has 1 aromatic rings. The average Bonchev–Trinajstić information content (AvgIpc) is 2.60. The van der Waals surface area contributed by atoms with Crippen molar-refractivity contribution in [3.8, 4) is 6.07 Å². The quantitative estimate of drug-likeness (QED) is 0.360. The van der Waals surface area contributed by atoms with Crippen LogP contribution in [-0.4, -0.2) is 11.8 Å². The van der Waals surface area contributed by atoms with Crippen LogP contribution in [0, 0.1) is 52.3 Å². The van der Waals surface area contributed by atoms with Gasteiger partial charge in [0.15, 0.2) is 35.0 Å². The molecule has 1 aliphatic carbocycles. The van der Waals surface area contributed by atoms with Gasteiger partial charge in [-0.15, -0.1) is 0 Å². The zero-order chi connectivity index (χ0) is 18.7.